The topological polar surface area (TPSA) is 149 Å². The Bertz CT molecular complexity index is 851. The summed E-state index contributed by atoms with van der Waals surface area (Å²) in [6.07, 6.45) is 0.673. The highest BCUT2D eigenvalue weighted by atomic mass is 16.4. The Morgan fingerprint density at radius 1 is 0.821 bits per heavy atom. The number of carbonyl (C=O) groups is 2. The maximum absolute atomic E-state index is 10.6. The lowest BCUT2D eigenvalue weighted by Crippen LogP contribution is -2.06. The van der Waals surface area contributed by atoms with Crippen LogP contribution >= 0.6 is 0 Å². The molecule has 0 bridgehead atoms. The highest BCUT2D eigenvalue weighted by Gasteiger charge is 2.09. The van der Waals surface area contributed by atoms with Crippen LogP contribution in [0.4, 0.5) is 11.6 Å². The number of rotatable bonds is 10. The van der Waals surface area contributed by atoms with Crippen LogP contribution in [0.1, 0.15) is 39.5 Å². The van der Waals surface area contributed by atoms with Crippen LogP contribution < -0.4 is 10.9 Å². The normalized spacial score (nSPS) is 12.1. The van der Waals surface area contributed by atoms with Crippen LogP contribution in [0.5, 0.6) is 0 Å². The molecule has 0 atom stereocenters. The standard InChI is InChI=1S/C18H22N6O4/c1-11(7-9-15(25)26)19-21-17-13-5-3-4-6-14(13)18(24-23-17)22-20-12(2)8-10-16(27)28/h3-6H,7-10H2,1-2H3,(H,21,23)(H,22,24)(H,25,26)(H,27,28). The van der Waals surface area contributed by atoms with Crippen molar-refractivity contribution in [2.24, 2.45) is 10.2 Å². The maximum atomic E-state index is 10.6. The van der Waals surface area contributed by atoms with Gasteiger partial charge in [-0.15, -0.1) is 10.2 Å². The van der Waals surface area contributed by atoms with Crippen molar-refractivity contribution in [3.63, 3.8) is 0 Å². The number of carboxylic acids is 2. The number of nitrogens with one attached hydrogen (secondary N) is 2. The van der Waals surface area contributed by atoms with Gasteiger partial charge < -0.3 is 10.2 Å². The molecule has 0 amide bonds. The van der Waals surface area contributed by atoms with Gasteiger partial charge in [-0.1, -0.05) is 24.3 Å². The Morgan fingerprint density at radius 2 is 1.21 bits per heavy atom. The van der Waals surface area contributed by atoms with E-state index in [1.807, 2.05) is 24.3 Å². The minimum Gasteiger partial charge on any atom is -0.481 e. The van der Waals surface area contributed by atoms with Crippen LogP contribution in [-0.4, -0.2) is 43.8 Å². The van der Waals surface area contributed by atoms with Crippen LogP contribution in [-0.2, 0) is 9.59 Å². The predicted octanol–water partition coefficient (Wildman–Crippen LogP) is 2.94. The largest absolute Gasteiger partial charge is 0.481 e. The summed E-state index contributed by atoms with van der Waals surface area (Å²) in [5.74, 6) is -0.895. The van der Waals surface area contributed by atoms with E-state index in [2.05, 4.69) is 31.3 Å². The average Bonchev–Trinajstić information content (AvgIpc) is 2.67. The third-order valence-electron chi connectivity index (χ3n) is 3.79. The average molecular weight is 386 g/mol. The van der Waals surface area contributed by atoms with Crippen LogP contribution in [0.2, 0.25) is 0 Å². The third-order valence-corrected chi connectivity index (χ3v) is 3.79. The van der Waals surface area contributed by atoms with Crippen LogP contribution in [0, 0.1) is 0 Å². The monoisotopic (exact) mass is 386 g/mol. The molecule has 1 aromatic heterocycles. The van der Waals surface area contributed by atoms with Crippen molar-refractivity contribution in [1.29, 1.82) is 0 Å². The second kappa shape index (κ2) is 9.95. The summed E-state index contributed by atoms with van der Waals surface area (Å²) in [5.41, 5.74) is 6.92. The van der Waals surface area contributed by atoms with Gasteiger partial charge in [0.1, 0.15) is 0 Å². The van der Waals surface area contributed by atoms with Crippen molar-refractivity contribution in [1.82, 2.24) is 10.2 Å². The van der Waals surface area contributed by atoms with Crippen molar-refractivity contribution in [2.75, 3.05) is 10.9 Å². The molecular formula is C18H22N6O4. The first-order valence-electron chi connectivity index (χ1n) is 8.64. The zero-order chi connectivity index (χ0) is 20.5. The third kappa shape index (κ3) is 6.31. The van der Waals surface area contributed by atoms with Crippen LogP contribution in [0.15, 0.2) is 34.5 Å². The number of fused-ring (bicyclic) bond motifs is 1. The van der Waals surface area contributed by atoms with Gasteiger partial charge in [0.25, 0.3) is 0 Å². The molecule has 148 valence electrons. The van der Waals surface area contributed by atoms with Gasteiger partial charge in [-0.25, -0.2) is 0 Å². The number of hydrazone groups is 2. The fraction of sp³-hybridized carbons (Fsp3) is 0.333. The summed E-state index contributed by atoms with van der Waals surface area (Å²) >= 11 is 0. The molecule has 10 heteroatoms. The van der Waals surface area contributed by atoms with Gasteiger partial charge in [-0.2, -0.15) is 10.2 Å². The molecule has 0 aliphatic carbocycles. The molecule has 10 nitrogen and oxygen atoms in total. The lowest BCUT2D eigenvalue weighted by Gasteiger charge is -2.09. The number of hydrogen-bond donors (Lipinski definition) is 4. The summed E-state index contributed by atoms with van der Waals surface area (Å²) in [4.78, 5) is 21.3. The lowest BCUT2D eigenvalue weighted by atomic mass is 10.2. The molecule has 0 fully saturated rings. The fourth-order valence-corrected chi connectivity index (χ4v) is 2.25. The predicted molar refractivity (Wildman–Crippen MR) is 107 cm³/mol. The lowest BCUT2D eigenvalue weighted by molar-refractivity contribution is -0.137. The van der Waals surface area contributed by atoms with E-state index >= 15 is 0 Å². The summed E-state index contributed by atoms with van der Waals surface area (Å²) in [6, 6.07) is 7.39. The highest BCUT2D eigenvalue weighted by molar-refractivity contribution is 5.99. The van der Waals surface area contributed by atoms with Gasteiger partial charge in [0.2, 0.25) is 0 Å². The van der Waals surface area contributed by atoms with Gasteiger partial charge in [-0.05, 0) is 26.7 Å². The number of aliphatic carboxylic acids is 2. The Labute approximate surface area is 161 Å². The number of aromatic nitrogens is 2. The van der Waals surface area contributed by atoms with E-state index in [1.165, 1.54) is 0 Å². The molecular weight excluding hydrogens is 364 g/mol. The second-order valence-electron chi connectivity index (χ2n) is 6.15. The van der Waals surface area contributed by atoms with Gasteiger partial charge in [-0.3, -0.25) is 20.4 Å². The molecule has 0 unspecified atom stereocenters. The van der Waals surface area contributed by atoms with E-state index in [0.29, 0.717) is 35.9 Å². The van der Waals surface area contributed by atoms with E-state index in [9.17, 15) is 9.59 Å². The number of benzene rings is 1. The van der Waals surface area contributed by atoms with Gasteiger partial charge >= 0.3 is 11.9 Å². The molecule has 28 heavy (non-hydrogen) atoms. The SMILES string of the molecule is CC(CCC(=O)O)=NNc1nnc(NN=C(C)CCC(=O)O)c2ccccc12. The zero-order valence-corrected chi connectivity index (χ0v) is 15.6. The Hall–Kier alpha value is -3.56. The number of hydrogen-bond acceptors (Lipinski definition) is 8. The Morgan fingerprint density at radius 3 is 1.57 bits per heavy atom. The first-order valence-corrected chi connectivity index (χ1v) is 8.64. The van der Waals surface area contributed by atoms with E-state index in [-0.39, 0.29) is 12.8 Å². The molecule has 0 aliphatic rings. The molecule has 2 rings (SSSR count). The minimum atomic E-state index is -0.880. The van der Waals surface area contributed by atoms with E-state index in [0.717, 1.165) is 10.8 Å². The number of carboxylic acid groups (broad SMARTS) is 2. The molecule has 4 N–H and O–H groups in total. The number of nitrogens with zero attached hydrogens (tertiary/aromatic N) is 4. The van der Waals surface area contributed by atoms with E-state index in [4.69, 9.17) is 10.2 Å². The molecule has 2 aromatic rings. The van der Waals surface area contributed by atoms with Crippen molar-refractivity contribution in [2.45, 2.75) is 39.5 Å². The molecule has 1 aromatic carbocycles. The Kier molecular flexibility index (Phi) is 7.37. The van der Waals surface area contributed by atoms with Crippen molar-refractivity contribution < 1.29 is 19.8 Å². The van der Waals surface area contributed by atoms with Crippen molar-refractivity contribution in [3.8, 4) is 0 Å². The summed E-state index contributed by atoms with van der Waals surface area (Å²) < 4.78 is 0. The first kappa shape index (κ1) is 20.7. The summed E-state index contributed by atoms with van der Waals surface area (Å²) in [7, 11) is 0. The summed E-state index contributed by atoms with van der Waals surface area (Å²) in [6.45, 7) is 3.46. The smallest absolute Gasteiger partial charge is 0.303 e. The molecule has 1 heterocycles. The maximum Gasteiger partial charge on any atom is 0.303 e. The quantitative estimate of drug-likeness (QED) is 0.360. The Balaban J connectivity index is 2.18. The zero-order valence-electron chi connectivity index (χ0n) is 15.6. The highest BCUT2D eigenvalue weighted by Crippen LogP contribution is 2.26. The molecule has 0 aliphatic heterocycles. The number of anilines is 2. The minimum absolute atomic E-state index is 0.00549. The molecule has 0 saturated heterocycles. The fourth-order valence-electron chi connectivity index (χ4n) is 2.25. The van der Waals surface area contributed by atoms with E-state index in [1.54, 1.807) is 13.8 Å². The van der Waals surface area contributed by atoms with Crippen LogP contribution in [0.3, 0.4) is 0 Å². The molecule has 0 radical (unpaired) electrons. The first-order chi connectivity index (χ1) is 13.4. The van der Waals surface area contributed by atoms with Crippen LogP contribution in [0.25, 0.3) is 10.8 Å². The molecule has 0 saturated carbocycles. The van der Waals surface area contributed by atoms with E-state index < -0.39 is 11.9 Å². The van der Waals surface area contributed by atoms with Gasteiger partial charge in [0.15, 0.2) is 11.6 Å². The molecule has 0 spiro atoms. The van der Waals surface area contributed by atoms with Gasteiger partial charge in [0.05, 0.1) is 12.8 Å². The summed E-state index contributed by atoms with van der Waals surface area (Å²) in [5, 5.41) is 35.5. The second-order valence-corrected chi connectivity index (χ2v) is 6.15. The van der Waals surface area contributed by atoms with Gasteiger partial charge in [0, 0.05) is 22.2 Å². The van der Waals surface area contributed by atoms with Crippen molar-refractivity contribution >= 4 is 45.8 Å². The van der Waals surface area contributed by atoms with Crippen molar-refractivity contribution in [3.05, 3.63) is 24.3 Å².